The van der Waals surface area contributed by atoms with Gasteiger partial charge < -0.3 is 18.1 Å². The molecule has 1 aliphatic heterocycles. The maximum Gasteiger partial charge on any atom is 0.386 e. The van der Waals surface area contributed by atoms with Crippen molar-refractivity contribution in [3.63, 3.8) is 0 Å². The maximum atomic E-state index is 9.93. The molecule has 2 aliphatic carbocycles. The molecule has 0 amide bonds. The van der Waals surface area contributed by atoms with Crippen LogP contribution in [0.15, 0.2) is 60.7 Å². The van der Waals surface area contributed by atoms with Crippen LogP contribution >= 0.6 is 0 Å². The van der Waals surface area contributed by atoms with E-state index < -0.39 is 26.6 Å². The Balaban J connectivity index is 1.31. The van der Waals surface area contributed by atoms with Crippen LogP contribution in [0.2, 0.25) is 25.2 Å². The number of rotatable bonds is 12. The van der Waals surface area contributed by atoms with Gasteiger partial charge in [-0.3, -0.25) is 0 Å². The fourth-order valence-corrected chi connectivity index (χ4v) is 18.3. The molecule has 2 aromatic carbocycles. The van der Waals surface area contributed by atoms with Gasteiger partial charge in [0.05, 0.1) is 18.3 Å². The van der Waals surface area contributed by atoms with Gasteiger partial charge in [-0.2, -0.15) is 0 Å². The molecule has 7 heteroatoms. The molecule has 202 valence electrons. The van der Waals surface area contributed by atoms with Crippen LogP contribution in [-0.4, -0.2) is 50.1 Å². The summed E-state index contributed by atoms with van der Waals surface area (Å²) < 4.78 is 20.4. The lowest BCUT2D eigenvalue weighted by atomic mass is 9.86. The van der Waals surface area contributed by atoms with E-state index >= 15 is 0 Å². The monoisotopic (exact) mass is 554 g/mol. The van der Waals surface area contributed by atoms with Gasteiger partial charge in [0.25, 0.3) is 0 Å². The van der Waals surface area contributed by atoms with Gasteiger partial charge in [-0.05, 0) is 92.3 Å². The first-order valence-electron chi connectivity index (χ1n) is 14.7. The Kier molecular flexibility index (Phi) is 9.22. The third kappa shape index (κ3) is 7.32. The standard InChI is InChI=1S/C30H46O4Si3/c1-36(2,22-20-24-13-16-26(31)17-14-24)34-37(27-9-5-3-6-10-27,28-11-7-4-8-12-28)33-35-21-19-25-15-18-29-30(23-25)32-29/h3-12,24-26,29-31H,13-23,35H2,1-2H3. The first-order valence-corrected chi connectivity index (χ1v) is 21.2. The van der Waals surface area contributed by atoms with E-state index in [-0.39, 0.29) is 6.10 Å². The van der Waals surface area contributed by atoms with Crippen molar-refractivity contribution in [2.75, 3.05) is 0 Å². The fraction of sp³-hybridized carbons (Fsp3) is 0.600. The highest BCUT2D eigenvalue weighted by molar-refractivity contribution is 7.00. The molecule has 3 atom stereocenters. The average Bonchev–Trinajstić information content (AvgIpc) is 3.70. The second-order valence-corrected chi connectivity index (χ2v) is 21.8. The minimum absolute atomic E-state index is 0.0841. The number of benzene rings is 2. The zero-order valence-electron chi connectivity index (χ0n) is 22.8. The quantitative estimate of drug-likeness (QED) is 0.231. The van der Waals surface area contributed by atoms with Gasteiger partial charge in [0.1, 0.15) is 9.76 Å². The number of aliphatic hydroxyl groups excluding tert-OH is 1. The third-order valence-electron chi connectivity index (χ3n) is 8.87. The van der Waals surface area contributed by atoms with Gasteiger partial charge in [-0.15, -0.1) is 0 Å². The lowest BCUT2D eigenvalue weighted by molar-refractivity contribution is 0.107. The molecule has 1 saturated heterocycles. The van der Waals surface area contributed by atoms with Crippen LogP contribution in [-0.2, 0) is 13.0 Å². The normalized spacial score (nSPS) is 28.4. The van der Waals surface area contributed by atoms with Crippen LogP contribution in [0.3, 0.4) is 0 Å². The van der Waals surface area contributed by atoms with Crippen LogP contribution < -0.4 is 10.4 Å². The molecule has 37 heavy (non-hydrogen) atoms. The molecule has 1 heterocycles. The molecular weight excluding hydrogens is 509 g/mol. The van der Waals surface area contributed by atoms with Crippen molar-refractivity contribution in [2.24, 2.45) is 11.8 Å². The van der Waals surface area contributed by atoms with Crippen LogP contribution in [0.4, 0.5) is 0 Å². The summed E-state index contributed by atoms with van der Waals surface area (Å²) >= 11 is 0. The zero-order valence-corrected chi connectivity index (χ0v) is 26.2. The van der Waals surface area contributed by atoms with Crippen molar-refractivity contribution < 1.29 is 18.1 Å². The van der Waals surface area contributed by atoms with Crippen LogP contribution in [0.25, 0.3) is 0 Å². The minimum Gasteiger partial charge on any atom is -0.435 e. The number of hydrogen-bond donors (Lipinski definition) is 1. The Bertz CT molecular complexity index is 926. The predicted molar refractivity (Wildman–Crippen MR) is 159 cm³/mol. The molecule has 0 radical (unpaired) electrons. The third-order valence-corrected chi connectivity index (χ3v) is 19.1. The van der Waals surface area contributed by atoms with Crippen molar-refractivity contribution in [3.8, 4) is 0 Å². The molecule has 0 bridgehead atoms. The lowest BCUT2D eigenvalue weighted by Gasteiger charge is -2.40. The van der Waals surface area contributed by atoms with E-state index in [2.05, 4.69) is 73.8 Å². The molecule has 3 aliphatic rings. The van der Waals surface area contributed by atoms with Gasteiger partial charge in [0, 0.05) is 0 Å². The SMILES string of the molecule is C[Si](C)(CCC1CCC(O)CC1)O[Si](O[SiH2]CCC1CCC2OC2C1)(c1ccccc1)c1ccccc1. The highest BCUT2D eigenvalue weighted by Gasteiger charge is 2.47. The second kappa shape index (κ2) is 12.4. The summed E-state index contributed by atoms with van der Waals surface area (Å²) in [5.41, 5.74) is 0. The van der Waals surface area contributed by atoms with E-state index in [0.29, 0.717) is 12.2 Å². The van der Waals surface area contributed by atoms with Gasteiger partial charge in [-0.1, -0.05) is 73.5 Å². The number of ether oxygens (including phenoxy) is 1. The topological polar surface area (TPSA) is 51.2 Å². The first kappa shape index (κ1) is 27.5. The maximum absolute atomic E-state index is 9.93. The highest BCUT2D eigenvalue weighted by Crippen LogP contribution is 2.41. The van der Waals surface area contributed by atoms with E-state index in [4.69, 9.17) is 13.0 Å². The van der Waals surface area contributed by atoms with E-state index in [1.54, 1.807) is 0 Å². The number of epoxide rings is 1. The smallest absolute Gasteiger partial charge is 0.386 e. The van der Waals surface area contributed by atoms with E-state index in [9.17, 15) is 5.11 Å². The fourth-order valence-electron chi connectivity index (χ4n) is 6.56. The molecule has 2 saturated carbocycles. The second-order valence-electron chi connectivity index (χ2n) is 12.3. The predicted octanol–water partition coefficient (Wildman–Crippen LogP) is 4.88. The Morgan fingerprint density at radius 2 is 1.43 bits per heavy atom. The van der Waals surface area contributed by atoms with Crippen molar-refractivity contribution in [3.05, 3.63) is 60.7 Å². The summed E-state index contributed by atoms with van der Waals surface area (Å²) in [5.74, 6) is 1.54. The van der Waals surface area contributed by atoms with Crippen molar-refractivity contribution in [1.29, 1.82) is 0 Å². The molecular formula is C30H46O4Si3. The lowest BCUT2D eigenvalue weighted by Crippen LogP contribution is -2.67. The molecule has 2 aromatic rings. The largest absolute Gasteiger partial charge is 0.435 e. The van der Waals surface area contributed by atoms with E-state index in [1.807, 2.05) is 0 Å². The van der Waals surface area contributed by atoms with Gasteiger partial charge in [0.15, 0.2) is 8.32 Å². The van der Waals surface area contributed by atoms with Gasteiger partial charge >= 0.3 is 8.56 Å². The van der Waals surface area contributed by atoms with Crippen molar-refractivity contribution >= 4 is 37.0 Å². The van der Waals surface area contributed by atoms with Gasteiger partial charge in [-0.25, -0.2) is 0 Å². The first-order chi connectivity index (χ1) is 17.9. The summed E-state index contributed by atoms with van der Waals surface area (Å²) in [6.45, 7) is 4.80. The number of aliphatic hydroxyl groups is 1. The molecule has 5 rings (SSSR count). The van der Waals surface area contributed by atoms with Crippen LogP contribution in [0, 0.1) is 11.8 Å². The summed E-state index contributed by atoms with van der Waals surface area (Å²) in [6, 6.07) is 24.1. The Hall–Kier alpha value is -1.07. The summed E-state index contributed by atoms with van der Waals surface area (Å²) in [5, 5.41) is 12.4. The van der Waals surface area contributed by atoms with Crippen molar-refractivity contribution in [2.45, 2.75) is 101 Å². The molecule has 4 nitrogen and oxygen atoms in total. The zero-order chi connectivity index (χ0) is 25.7. The Morgan fingerprint density at radius 1 is 0.811 bits per heavy atom. The molecule has 0 aromatic heterocycles. The average molecular weight is 555 g/mol. The summed E-state index contributed by atoms with van der Waals surface area (Å²) in [4.78, 5) is 0. The Morgan fingerprint density at radius 3 is 2.05 bits per heavy atom. The minimum atomic E-state index is -2.81. The van der Waals surface area contributed by atoms with Crippen molar-refractivity contribution in [1.82, 2.24) is 0 Å². The number of hydrogen-bond acceptors (Lipinski definition) is 4. The summed E-state index contributed by atoms with van der Waals surface area (Å²) in [6.07, 6.45) is 11.6. The van der Waals surface area contributed by atoms with Gasteiger partial charge in [0.2, 0.25) is 0 Å². The van der Waals surface area contributed by atoms with Crippen LogP contribution in [0.1, 0.15) is 57.8 Å². The van der Waals surface area contributed by atoms with Crippen LogP contribution in [0.5, 0.6) is 0 Å². The molecule has 1 N–H and O–H groups in total. The van der Waals surface area contributed by atoms with E-state index in [0.717, 1.165) is 43.6 Å². The molecule has 0 spiro atoms. The van der Waals surface area contributed by atoms with E-state index in [1.165, 1.54) is 48.5 Å². The Labute approximate surface area is 228 Å². The highest BCUT2D eigenvalue weighted by atomic mass is 28.5. The molecule has 3 fully saturated rings. The summed E-state index contributed by atoms with van der Waals surface area (Å²) in [7, 11) is -5.58. The molecule has 3 unspecified atom stereocenters. The number of fused-ring (bicyclic) bond motifs is 1.